The summed E-state index contributed by atoms with van der Waals surface area (Å²) < 4.78 is 0. The first-order valence-corrected chi connectivity index (χ1v) is 5.87. The van der Waals surface area contributed by atoms with Crippen molar-refractivity contribution in [2.75, 3.05) is 0 Å². The van der Waals surface area contributed by atoms with E-state index >= 15 is 0 Å². The average Bonchev–Trinajstić information content (AvgIpc) is 2.46. The molecule has 18 heavy (non-hydrogen) atoms. The smallest absolute Gasteiger partial charge is 0.160 e. The number of aliphatic imine (C=N–C) groups is 2. The zero-order chi connectivity index (χ0) is 12.8. The molecule has 0 saturated heterocycles. The van der Waals surface area contributed by atoms with Crippen molar-refractivity contribution in [3.05, 3.63) is 59.7 Å². The van der Waals surface area contributed by atoms with Crippen molar-refractivity contribution in [3.63, 3.8) is 0 Å². The normalized spacial score (nSPS) is 15.1. The number of hydrogen-bond acceptors (Lipinski definition) is 1. The van der Waals surface area contributed by atoms with Gasteiger partial charge in [0.1, 0.15) is 0 Å². The van der Waals surface area contributed by atoms with Gasteiger partial charge in [0.05, 0.1) is 0 Å². The Kier molecular flexibility index (Phi) is 3.97. The van der Waals surface area contributed by atoms with Gasteiger partial charge in [0, 0.05) is 11.1 Å². The summed E-state index contributed by atoms with van der Waals surface area (Å²) in [4.78, 5) is 8.16. The Morgan fingerprint density at radius 2 is 1.94 bits per heavy atom. The molecule has 0 heterocycles. The third kappa shape index (κ3) is 2.88. The van der Waals surface area contributed by atoms with Crippen molar-refractivity contribution in [2.24, 2.45) is 9.98 Å². The topological polar surface area (TPSA) is 48.6 Å². The van der Waals surface area contributed by atoms with Gasteiger partial charge in [0.2, 0.25) is 0 Å². The fraction of sp³-hybridized carbons (Fsp3) is 0.133. The lowest BCUT2D eigenvalue weighted by atomic mass is 10.1. The van der Waals surface area contributed by atoms with Gasteiger partial charge in [-0.3, -0.25) is 5.41 Å². The molecule has 0 fully saturated rings. The third-order valence-corrected chi connectivity index (χ3v) is 2.67. The average molecular weight is 237 g/mol. The van der Waals surface area contributed by atoms with Gasteiger partial charge in [-0.1, -0.05) is 48.6 Å². The van der Waals surface area contributed by atoms with E-state index in [9.17, 15) is 0 Å². The molecule has 3 heteroatoms. The molecule has 0 unspecified atom stereocenters. The van der Waals surface area contributed by atoms with Gasteiger partial charge < -0.3 is 0 Å². The van der Waals surface area contributed by atoms with E-state index in [2.05, 4.69) is 28.9 Å². The Hall–Kier alpha value is -2.29. The maximum atomic E-state index is 7.96. The molecule has 1 aliphatic rings. The van der Waals surface area contributed by atoms with Crippen LogP contribution >= 0.6 is 0 Å². The highest BCUT2D eigenvalue weighted by Crippen LogP contribution is 2.13. The second-order valence-corrected chi connectivity index (χ2v) is 3.95. The van der Waals surface area contributed by atoms with E-state index in [1.54, 1.807) is 0 Å². The molecule has 0 atom stereocenters. The molecule has 2 rings (SSSR count). The Morgan fingerprint density at radius 3 is 2.56 bits per heavy atom. The highest BCUT2D eigenvalue weighted by atomic mass is 14.9. The standard InChI is InChI=1S/C15H15N3/c1-17-15(13-10-6-3-7-11-13)18-14(16)12-8-4-2-5-9-12/h2,4-6,8-11,16H,1,3,7H2. The van der Waals surface area contributed by atoms with Crippen LogP contribution in [-0.4, -0.2) is 18.4 Å². The van der Waals surface area contributed by atoms with Crippen LogP contribution in [0.2, 0.25) is 0 Å². The second-order valence-electron chi connectivity index (χ2n) is 3.95. The molecular weight excluding hydrogens is 222 g/mol. The number of rotatable bonds is 2. The molecular formula is C15H15N3. The molecule has 90 valence electrons. The van der Waals surface area contributed by atoms with Crippen LogP contribution in [-0.2, 0) is 0 Å². The zero-order valence-electron chi connectivity index (χ0n) is 10.1. The number of amidine groups is 2. The molecule has 1 aliphatic carbocycles. The van der Waals surface area contributed by atoms with Crippen LogP contribution < -0.4 is 0 Å². The molecule has 0 spiro atoms. The van der Waals surface area contributed by atoms with E-state index in [0.717, 1.165) is 24.0 Å². The highest BCUT2D eigenvalue weighted by molar-refractivity contribution is 6.12. The highest BCUT2D eigenvalue weighted by Gasteiger charge is 2.06. The lowest BCUT2D eigenvalue weighted by Gasteiger charge is -2.06. The number of allylic oxidation sites excluding steroid dienone is 2. The third-order valence-electron chi connectivity index (χ3n) is 2.67. The Balaban J connectivity index is 2.25. The van der Waals surface area contributed by atoms with Gasteiger partial charge >= 0.3 is 0 Å². The van der Waals surface area contributed by atoms with Crippen LogP contribution in [0.25, 0.3) is 0 Å². The van der Waals surface area contributed by atoms with Gasteiger partial charge in [-0.15, -0.1) is 0 Å². The summed E-state index contributed by atoms with van der Waals surface area (Å²) in [5.41, 5.74) is 1.72. The second kappa shape index (κ2) is 5.87. The minimum atomic E-state index is 0.206. The maximum absolute atomic E-state index is 7.96. The predicted molar refractivity (Wildman–Crippen MR) is 76.7 cm³/mol. The molecule has 0 saturated carbocycles. The Bertz CT molecular complexity index is 536. The van der Waals surface area contributed by atoms with Crippen molar-refractivity contribution in [1.29, 1.82) is 5.41 Å². The first-order valence-electron chi connectivity index (χ1n) is 5.87. The van der Waals surface area contributed by atoms with Crippen molar-refractivity contribution < 1.29 is 0 Å². The molecule has 0 bridgehead atoms. The van der Waals surface area contributed by atoms with E-state index in [0.29, 0.717) is 5.84 Å². The largest absolute Gasteiger partial charge is 0.282 e. The summed E-state index contributed by atoms with van der Waals surface area (Å²) in [7, 11) is 0. The van der Waals surface area contributed by atoms with Crippen molar-refractivity contribution in [1.82, 2.24) is 0 Å². The first-order chi connectivity index (χ1) is 8.81. The molecule has 1 aromatic rings. The fourth-order valence-electron chi connectivity index (χ4n) is 1.74. The number of benzene rings is 1. The van der Waals surface area contributed by atoms with Crippen molar-refractivity contribution in [2.45, 2.75) is 12.8 Å². The van der Waals surface area contributed by atoms with Crippen LogP contribution in [0.3, 0.4) is 0 Å². The Morgan fingerprint density at radius 1 is 1.17 bits per heavy atom. The molecule has 3 nitrogen and oxygen atoms in total. The van der Waals surface area contributed by atoms with Gasteiger partial charge in [0.15, 0.2) is 11.7 Å². The van der Waals surface area contributed by atoms with Crippen LogP contribution in [0, 0.1) is 5.41 Å². The quantitative estimate of drug-likeness (QED) is 0.605. The molecule has 0 amide bonds. The SMILES string of the molecule is C=NC(=NC(=N)c1ccccc1)C1=CCCC=C1. The van der Waals surface area contributed by atoms with E-state index in [4.69, 9.17) is 5.41 Å². The van der Waals surface area contributed by atoms with Crippen molar-refractivity contribution >= 4 is 18.4 Å². The summed E-state index contributed by atoms with van der Waals surface area (Å²) in [6.45, 7) is 3.53. The van der Waals surface area contributed by atoms with Crippen LogP contribution in [0.5, 0.6) is 0 Å². The van der Waals surface area contributed by atoms with E-state index in [1.165, 1.54) is 0 Å². The van der Waals surface area contributed by atoms with Crippen LogP contribution in [0.15, 0.2) is 64.1 Å². The van der Waals surface area contributed by atoms with E-state index in [-0.39, 0.29) is 5.84 Å². The van der Waals surface area contributed by atoms with Gasteiger partial charge in [0.25, 0.3) is 0 Å². The number of hydrogen-bond donors (Lipinski definition) is 1. The molecule has 0 aromatic heterocycles. The lowest BCUT2D eigenvalue weighted by Crippen LogP contribution is -2.04. The van der Waals surface area contributed by atoms with Gasteiger partial charge in [-0.05, 0) is 19.6 Å². The fourth-order valence-corrected chi connectivity index (χ4v) is 1.74. The summed E-state index contributed by atoms with van der Waals surface area (Å²) in [6, 6.07) is 9.41. The summed E-state index contributed by atoms with van der Waals surface area (Å²) in [5, 5.41) is 7.96. The molecule has 0 aliphatic heterocycles. The summed E-state index contributed by atoms with van der Waals surface area (Å²) >= 11 is 0. The minimum absolute atomic E-state index is 0.206. The van der Waals surface area contributed by atoms with Gasteiger partial charge in [-0.25, -0.2) is 9.98 Å². The van der Waals surface area contributed by atoms with Gasteiger partial charge in [-0.2, -0.15) is 0 Å². The predicted octanol–water partition coefficient (Wildman–Crippen LogP) is 3.39. The van der Waals surface area contributed by atoms with Crippen LogP contribution in [0.1, 0.15) is 18.4 Å². The lowest BCUT2D eigenvalue weighted by molar-refractivity contribution is 1.03. The minimum Gasteiger partial charge on any atom is -0.282 e. The summed E-state index contributed by atoms with van der Waals surface area (Å²) in [6.07, 6.45) is 8.17. The van der Waals surface area contributed by atoms with Crippen LogP contribution in [0.4, 0.5) is 0 Å². The number of nitrogens with zero attached hydrogens (tertiary/aromatic N) is 2. The van der Waals surface area contributed by atoms with Crippen molar-refractivity contribution in [3.8, 4) is 0 Å². The van der Waals surface area contributed by atoms with E-state index < -0.39 is 0 Å². The first kappa shape index (κ1) is 12.2. The Labute approximate surface area is 107 Å². The monoisotopic (exact) mass is 237 g/mol. The van der Waals surface area contributed by atoms with E-state index in [1.807, 2.05) is 36.4 Å². The maximum Gasteiger partial charge on any atom is 0.160 e. The molecule has 0 radical (unpaired) electrons. The summed E-state index contributed by atoms with van der Waals surface area (Å²) in [5.74, 6) is 0.720. The number of nitrogens with one attached hydrogen (secondary N) is 1. The zero-order valence-corrected chi connectivity index (χ0v) is 10.1. The molecule has 1 aromatic carbocycles. The molecule has 1 N–H and O–H groups in total.